The van der Waals surface area contributed by atoms with Gasteiger partial charge in [-0.2, -0.15) is 5.26 Å². The van der Waals surface area contributed by atoms with Crippen molar-refractivity contribution < 1.29 is 4.79 Å². The van der Waals surface area contributed by atoms with Crippen molar-refractivity contribution in [3.63, 3.8) is 0 Å². The summed E-state index contributed by atoms with van der Waals surface area (Å²) in [6.45, 7) is 9.75. The molecule has 19 heavy (non-hydrogen) atoms. The van der Waals surface area contributed by atoms with Gasteiger partial charge in [-0.1, -0.05) is 19.1 Å². The average Bonchev–Trinajstić information content (AvgIpc) is 2.40. The van der Waals surface area contributed by atoms with Gasteiger partial charge in [0.1, 0.15) is 0 Å². The lowest BCUT2D eigenvalue weighted by Crippen LogP contribution is -2.33. The summed E-state index contributed by atoms with van der Waals surface area (Å²) in [5, 5.41) is 8.84. The number of hydrogen-bond acceptors (Lipinski definition) is 3. The fourth-order valence-electron chi connectivity index (χ4n) is 1.94. The van der Waals surface area contributed by atoms with Gasteiger partial charge in [-0.15, -0.1) is 0 Å². The lowest BCUT2D eigenvalue weighted by atomic mass is 10.0. The minimum atomic E-state index is -0.0486. The molecule has 3 heteroatoms. The summed E-state index contributed by atoms with van der Waals surface area (Å²) in [7, 11) is 0. The van der Waals surface area contributed by atoms with Gasteiger partial charge in [0, 0.05) is 12.1 Å². The maximum atomic E-state index is 12.2. The summed E-state index contributed by atoms with van der Waals surface area (Å²) in [4.78, 5) is 14.2. The quantitative estimate of drug-likeness (QED) is 0.737. The molecule has 1 aromatic carbocycles. The second-order valence-electron chi connectivity index (χ2n) is 5.08. The van der Waals surface area contributed by atoms with Crippen LogP contribution in [-0.4, -0.2) is 30.3 Å². The third-order valence-corrected chi connectivity index (χ3v) is 3.40. The molecule has 0 saturated heterocycles. The van der Waals surface area contributed by atoms with Gasteiger partial charge < -0.3 is 0 Å². The van der Waals surface area contributed by atoms with E-state index in [0.717, 1.165) is 17.7 Å². The molecule has 0 radical (unpaired) electrons. The van der Waals surface area contributed by atoms with Gasteiger partial charge in [-0.3, -0.25) is 9.69 Å². The highest BCUT2D eigenvalue weighted by Gasteiger charge is 2.14. The Labute approximate surface area is 115 Å². The Morgan fingerprint density at radius 1 is 1.37 bits per heavy atom. The summed E-state index contributed by atoms with van der Waals surface area (Å²) < 4.78 is 0. The van der Waals surface area contributed by atoms with Gasteiger partial charge in [-0.25, -0.2) is 0 Å². The zero-order chi connectivity index (χ0) is 14.4. The molecule has 1 aromatic rings. The van der Waals surface area contributed by atoms with Crippen LogP contribution in [0.1, 0.15) is 35.3 Å². The number of rotatable bonds is 6. The summed E-state index contributed by atoms with van der Waals surface area (Å²) >= 11 is 0. The number of ketones is 1. The molecule has 1 unspecified atom stereocenters. The lowest BCUT2D eigenvalue weighted by Gasteiger charge is -2.20. The van der Waals surface area contributed by atoms with E-state index in [1.165, 1.54) is 5.56 Å². The van der Waals surface area contributed by atoms with Crippen LogP contribution in [0.5, 0.6) is 0 Å². The SMILES string of the molecule is CCN(CC(=O)c1ccc(C)c(C)c1)CC(C)C#N. The predicted octanol–water partition coefficient (Wildman–Crippen LogP) is 2.97. The summed E-state index contributed by atoms with van der Waals surface area (Å²) in [6, 6.07) is 8.01. The van der Waals surface area contributed by atoms with Crippen LogP contribution in [0.3, 0.4) is 0 Å². The Morgan fingerprint density at radius 3 is 2.58 bits per heavy atom. The van der Waals surface area contributed by atoms with Gasteiger partial charge in [0.15, 0.2) is 5.78 Å². The maximum Gasteiger partial charge on any atom is 0.176 e. The molecule has 0 bridgehead atoms. The molecule has 102 valence electrons. The van der Waals surface area contributed by atoms with Gasteiger partial charge >= 0.3 is 0 Å². The standard InChI is InChI=1S/C16H22N2O/c1-5-18(10-12(2)9-17)11-16(19)15-7-6-13(3)14(4)8-15/h6-8,12H,5,10-11H2,1-4H3. The van der Waals surface area contributed by atoms with Gasteiger partial charge in [0.05, 0.1) is 18.5 Å². The summed E-state index contributed by atoms with van der Waals surface area (Å²) in [6.07, 6.45) is 0. The van der Waals surface area contributed by atoms with Crippen LogP contribution in [0.15, 0.2) is 18.2 Å². The van der Waals surface area contributed by atoms with Crippen molar-refractivity contribution in [2.75, 3.05) is 19.6 Å². The maximum absolute atomic E-state index is 12.2. The molecule has 0 heterocycles. The molecule has 3 nitrogen and oxygen atoms in total. The Morgan fingerprint density at radius 2 is 2.05 bits per heavy atom. The third kappa shape index (κ3) is 4.50. The molecule has 1 rings (SSSR count). The van der Waals surface area contributed by atoms with Crippen molar-refractivity contribution in [2.24, 2.45) is 5.92 Å². The smallest absolute Gasteiger partial charge is 0.176 e. The van der Waals surface area contributed by atoms with Crippen LogP contribution < -0.4 is 0 Å². The van der Waals surface area contributed by atoms with E-state index in [-0.39, 0.29) is 11.7 Å². The zero-order valence-electron chi connectivity index (χ0n) is 12.2. The number of nitrogens with zero attached hydrogens (tertiary/aromatic N) is 2. The molecule has 0 saturated carbocycles. The first-order chi connectivity index (χ1) is 8.97. The monoisotopic (exact) mass is 258 g/mol. The lowest BCUT2D eigenvalue weighted by molar-refractivity contribution is 0.0929. The number of hydrogen-bond donors (Lipinski definition) is 0. The van der Waals surface area contributed by atoms with E-state index in [2.05, 4.69) is 6.07 Å². The van der Waals surface area contributed by atoms with Crippen LogP contribution in [0.4, 0.5) is 0 Å². The summed E-state index contributed by atoms with van der Waals surface area (Å²) in [5.74, 6) is 0.0718. The predicted molar refractivity (Wildman–Crippen MR) is 77.1 cm³/mol. The largest absolute Gasteiger partial charge is 0.295 e. The van der Waals surface area contributed by atoms with Crippen LogP contribution in [0.2, 0.25) is 0 Å². The first-order valence-electron chi connectivity index (χ1n) is 6.70. The minimum Gasteiger partial charge on any atom is -0.295 e. The number of benzene rings is 1. The van der Waals surface area contributed by atoms with Crippen LogP contribution in [-0.2, 0) is 0 Å². The fraction of sp³-hybridized carbons (Fsp3) is 0.500. The highest BCUT2D eigenvalue weighted by atomic mass is 16.1. The van der Waals surface area contributed by atoms with Crippen LogP contribution >= 0.6 is 0 Å². The number of carbonyl (C=O) groups is 1. The van der Waals surface area contributed by atoms with E-state index in [1.807, 2.05) is 50.8 Å². The first kappa shape index (κ1) is 15.4. The molecule has 0 aliphatic carbocycles. The Bertz CT molecular complexity index is 488. The van der Waals surface area contributed by atoms with Crippen molar-refractivity contribution >= 4 is 5.78 Å². The molecule has 0 aromatic heterocycles. The van der Waals surface area contributed by atoms with Crippen molar-refractivity contribution in [2.45, 2.75) is 27.7 Å². The number of likely N-dealkylation sites (N-methyl/N-ethyl adjacent to an activating group) is 1. The Hall–Kier alpha value is -1.66. The van der Waals surface area contributed by atoms with Crippen molar-refractivity contribution in [3.05, 3.63) is 34.9 Å². The number of carbonyl (C=O) groups excluding carboxylic acids is 1. The van der Waals surface area contributed by atoms with Crippen molar-refractivity contribution in [1.29, 1.82) is 5.26 Å². The molecule has 0 aliphatic heterocycles. The fourth-order valence-corrected chi connectivity index (χ4v) is 1.94. The molecule has 0 amide bonds. The number of nitriles is 1. The molecule has 1 atom stereocenters. The van der Waals surface area contributed by atoms with E-state index in [0.29, 0.717) is 13.1 Å². The van der Waals surface area contributed by atoms with Gasteiger partial charge in [0.25, 0.3) is 0 Å². The van der Waals surface area contributed by atoms with Gasteiger partial charge in [0.2, 0.25) is 0 Å². The first-order valence-corrected chi connectivity index (χ1v) is 6.70. The Kier molecular flexibility index (Phi) is 5.72. The molecule has 0 spiro atoms. The number of Topliss-reactive ketones (excluding diaryl/α,β-unsaturated/α-hetero) is 1. The topological polar surface area (TPSA) is 44.1 Å². The van der Waals surface area contributed by atoms with E-state index in [1.54, 1.807) is 0 Å². The summed E-state index contributed by atoms with van der Waals surface area (Å²) in [5.41, 5.74) is 3.09. The van der Waals surface area contributed by atoms with E-state index in [4.69, 9.17) is 5.26 Å². The average molecular weight is 258 g/mol. The molecule has 0 fully saturated rings. The van der Waals surface area contributed by atoms with E-state index in [9.17, 15) is 4.79 Å². The van der Waals surface area contributed by atoms with Crippen molar-refractivity contribution in [1.82, 2.24) is 4.90 Å². The van der Waals surface area contributed by atoms with Crippen LogP contribution in [0, 0.1) is 31.1 Å². The van der Waals surface area contributed by atoms with Crippen molar-refractivity contribution in [3.8, 4) is 6.07 Å². The molecular weight excluding hydrogens is 236 g/mol. The second-order valence-corrected chi connectivity index (χ2v) is 5.08. The van der Waals surface area contributed by atoms with E-state index >= 15 is 0 Å². The van der Waals surface area contributed by atoms with Gasteiger partial charge in [-0.05, 0) is 44.5 Å². The normalized spacial score (nSPS) is 12.2. The van der Waals surface area contributed by atoms with Crippen LogP contribution in [0.25, 0.3) is 0 Å². The molecular formula is C16H22N2O. The third-order valence-electron chi connectivity index (χ3n) is 3.40. The molecule has 0 aliphatic rings. The minimum absolute atomic E-state index is 0.0486. The van der Waals surface area contributed by atoms with E-state index < -0.39 is 0 Å². The molecule has 0 N–H and O–H groups in total. The second kappa shape index (κ2) is 7.06. The highest BCUT2D eigenvalue weighted by Crippen LogP contribution is 2.11. The Balaban J connectivity index is 2.72. The highest BCUT2D eigenvalue weighted by molar-refractivity contribution is 5.97. The number of aryl methyl sites for hydroxylation is 2. The zero-order valence-corrected chi connectivity index (χ0v) is 12.2.